The molecule has 0 aliphatic rings. The Balaban J connectivity index is 2.36. The molecule has 0 atom stereocenters. The van der Waals surface area contributed by atoms with Crippen molar-refractivity contribution in [3.05, 3.63) is 41.3 Å². The zero-order valence-corrected chi connectivity index (χ0v) is 8.73. The van der Waals surface area contributed by atoms with Gasteiger partial charge in [-0.05, 0) is 42.4 Å². The van der Waals surface area contributed by atoms with Crippen molar-refractivity contribution in [3.8, 4) is 5.75 Å². The van der Waals surface area contributed by atoms with Crippen LogP contribution >= 0.6 is 11.8 Å². The van der Waals surface area contributed by atoms with E-state index in [9.17, 15) is 0 Å². The van der Waals surface area contributed by atoms with E-state index in [0.717, 1.165) is 5.75 Å². The molecule has 0 aliphatic heterocycles. The minimum Gasteiger partial charge on any atom is -0.490 e. The van der Waals surface area contributed by atoms with Gasteiger partial charge in [-0.1, -0.05) is 12.1 Å². The van der Waals surface area contributed by atoms with Crippen molar-refractivity contribution >= 4 is 11.8 Å². The first-order valence-electron chi connectivity index (χ1n) is 4.12. The zero-order valence-electron chi connectivity index (χ0n) is 7.91. The van der Waals surface area contributed by atoms with Crippen molar-refractivity contribution in [2.45, 2.75) is 6.92 Å². The molecule has 1 nitrogen and oxygen atoms in total. The lowest BCUT2D eigenvalue weighted by molar-refractivity contribution is 0.362. The molecule has 1 aromatic carbocycles. The molecule has 1 aromatic rings. The molecule has 0 amide bonds. The lowest BCUT2D eigenvalue weighted by Crippen LogP contribution is -1.93. The first-order chi connectivity index (χ1) is 6.33. The largest absolute Gasteiger partial charge is 0.490 e. The Morgan fingerprint density at radius 1 is 1.54 bits per heavy atom. The third kappa shape index (κ3) is 4.04. The smallest absolute Gasteiger partial charge is 0.119 e. The van der Waals surface area contributed by atoms with E-state index >= 15 is 0 Å². The monoisotopic (exact) mass is 193 g/mol. The molecule has 69 valence electrons. The van der Waals surface area contributed by atoms with Crippen LogP contribution < -0.4 is 4.74 Å². The molecule has 0 aliphatic carbocycles. The molecule has 0 spiro atoms. The molecule has 0 fully saturated rings. The molecule has 0 saturated carbocycles. The van der Waals surface area contributed by atoms with Crippen LogP contribution in [0.5, 0.6) is 5.75 Å². The Kier molecular flexibility index (Phi) is 4.47. The van der Waals surface area contributed by atoms with Crippen molar-refractivity contribution < 1.29 is 4.74 Å². The predicted molar refractivity (Wildman–Crippen MR) is 58.0 cm³/mol. The fourth-order valence-electron chi connectivity index (χ4n) is 0.806. The van der Waals surface area contributed by atoms with Crippen LogP contribution in [0.1, 0.15) is 6.92 Å². The van der Waals surface area contributed by atoms with E-state index in [-0.39, 0.29) is 0 Å². The van der Waals surface area contributed by atoms with Gasteiger partial charge in [-0.3, -0.25) is 0 Å². The third-order valence-electron chi connectivity index (χ3n) is 1.63. The van der Waals surface area contributed by atoms with E-state index in [4.69, 9.17) is 4.74 Å². The number of rotatable bonds is 4. The summed E-state index contributed by atoms with van der Waals surface area (Å²) in [4.78, 5) is 1.28. The maximum atomic E-state index is 5.47. The molecule has 1 rings (SSSR count). The van der Waals surface area contributed by atoms with E-state index in [0.29, 0.717) is 6.61 Å². The average molecular weight is 193 g/mol. The number of benzene rings is 1. The van der Waals surface area contributed by atoms with E-state index in [1.54, 1.807) is 11.8 Å². The van der Waals surface area contributed by atoms with Gasteiger partial charge in [0.25, 0.3) is 0 Å². The highest BCUT2D eigenvalue weighted by Gasteiger charge is 1.89. The molecule has 13 heavy (non-hydrogen) atoms. The first-order valence-corrected chi connectivity index (χ1v) is 5.35. The van der Waals surface area contributed by atoms with Gasteiger partial charge in [0.2, 0.25) is 0 Å². The second kappa shape index (κ2) is 5.70. The van der Waals surface area contributed by atoms with E-state index in [1.807, 2.05) is 24.3 Å². The van der Waals surface area contributed by atoms with Crippen LogP contribution in [0.15, 0.2) is 35.2 Å². The normalized spacial score (nSPS) is 11.4. The van der Waals surface area contributed by atoms with Crippen molar-refractivity contribution in [3.63, 3.8) is 0 Å². The van der Waals surface area contributed by atoms with Gasteiger partial charge in [0.15, 0.2) is 0 Å². The number of hydrogen-bond donors (Lipinski definition) is 0. The zero-order chi connectivity index (χ0) is 9.52. The summed E-state index contributed by atoms with van der Waals surface area (Å²) < 4.78 is 5.47. The van der Waals surface area contributed by atoms with Crippen LogP contribution in [0.2, 0.25) is 0 Å². The van der Waals surface area contributed by atoms with Gasteiger partial charge in [0.05, 0.1) is 0 Å². The average Bonchev–Trinajstić information content (AvgIpc) is 2.19. The minimum atomic E-state index is 0.636. The van der Waals surface area contributed by atoms with Gasteiger partial charge in [-0.2, -0.15) is 0 Å². The summed E-state index contributed by atoms with van der Waals surface area (Å²) in [6.45, 7) is 2.71. The van der Waals surface area contributed by atoms with E-state index in [2.05, 4.69) is 25.3 Å². The molecular formula is C11H13OS. The van der Waals surface area contributed by atoms with Gasteiger partial charge in [-0.15, -0.1) is 11.8 Å². The second-order valence-corrected chi connectivity index (χ2v) is 3.62. The summed E-state index contributed by atoms with van der Waals surface area (Å²) in [5.74, 6) is 0.893. The summed E-state index contributed by atoms with van der Waals surface area (Å²) >= 11 is 1.73. The molecule has 0 saturated heterocycles. The molecule has 0 aromatic heterocycles. The lowest BCUT2D eigenvalue weighted by Gasteiger charge is -2.02. The predicted octanol–water partition coefficient (Wildman–Crippen LogP) is 3.13. The highest BCUT2D eigenvalue weighted by atomic mass is 32.2. The SMILES string of the molecule is CSC(C)=CCOc1cc[c]cc1. The minimum absolute atomic E-state index is 0.636. The van der Waals surface area contributed by atoms with Gasteiger partial charge >= 0.3 is 0 Å². The van der Waals surface area contributed by atoms with Gasteiger partial charge in [0.1, 0.15) is 12.4 Å². The Labute approximate surface area is 83.8 Å². The highest BCUT2D eigenvalue weighted by molar-refractivity contribution is 8.02. The van der Waals surface area contributed by atoms with Crippen molar-refractivity contribution in [1.82, 2.24) is 0 Å². The maximum absolute atomic E-state index is 5.47. The molecule has 0 bridgehead atoms. The Hall–Kier alpha value is -0.890. The first kappa shape index (κ1) is 10.2. The highest BCUT2D eigenvalue weighted by Crippen LogP contribution is 2.11. The summed E-state index contributed by atoms with van der Waals surface area (Å²) in [5, 5.41) is 0. The van der Waals surface area contributed by atoms with Crippen LogP contribution in [0, 0.1) is 6.07 Å². The summed E-state index contributed by atoms with van der Waals surface area (Å²) in [7, 11) is 0. The van der Waals surface area contributed by atoms with Crippen LogP contribution in [0.3, 0.4) is 0 Å². The van der Waals surface area contributed by atoms with Crippen LogP contribution in [-0.2, 0) is 0 Å². The lowest BCUT2D eigenvalue weighted by atomic mass is 10.3. The summed E-state index contributed by atoms with van der Waals surface area (Å²) in [6, 6.07) is 10.4. The van der Waals surface area contributed by atoms with Crippen molar-refractivity contribution in [2.24, 2.45) is 0 Å². The second-order valence-electron chi connectivity index (χ2n) is 2.57. The Morgan fingerprint density at radius 3 is 2.85 bits per heavy atom. The van der Waals surface area contributed by atoms with Gasteiger partial charge in [0, 0.05) is 0 Å². The van der Waals surface area contributed by atoms with E-state index < -0.39 is 0 Å². The van der Waals surface area contributed by atoms with Gasteiger partial charge in [-0.25, -0.2) is 0 Å². The maximum Gasteiger partial charge on any atom is 0.119 e. The van der Waals surface area contributed by atoms with Crippen LogP contribution in [0.25, 0.3) is 0 Å². The molecular weight excluding hydrogens is 180 g/mol. The van der Waals surface area contributed by atoms with Crippen molar-refractivity contribution in [2.75, 3.05) is 12.9 Å². The van der Waals surface area contributed by atoms with Crippen LogP contribution in [-0.4, -0.2) is 12.9 Å². The molecule has 0 N–H and O–H groups in total. The number of ether oxygens (including phenoxy) is 1. The van der Waals surface area contributed by atoms with Crippen molar-refractivity contribution in [1.29, 1.82) is 0 Å². The number of thioether (sulfide) groups is 1. The Morgan fingerprint density at radius 2 is 2.23 bits per heavy atom. The molecule has 0 unspecified atom stereocenters. The number of allylic oxidation sites excluding steroid dienone is 1. The quantitative estimate of drug-likeness (QED) is 0.726. The number of hydrogen-bond acceptors (Lipinski definition) is 2. The third-order valence-corrected chi connectivity index (χ3v) is 2.44. The molecule has 0 heterocycles. The standard InChI is InChI=1S/C11H13OS/c1-10(13-2)8-9-12-11-6-4-3-5-7-11/h4-8H,9H2,1-2H3. The van der Waals surface area contributed by atoms with Gasteiger partial charge < -0.3 is 4.74 Å². The Bertz CT molecular complexity index is 267. The van der Waals surface area contributed by atoms with Crippen LogP contribution in [0.4, 0.5) is 0 Å². The topological polar surface area (TPSA) is 9.23 Å². The fraction of sp³-hybridized carbons (Fsp3) is 0.273. The molecule has 2 heteroatoms. The fourth-order valence-corrected chi connectivity index (χ4v) is 1.04. The van der Waals surface area contributed by atoms with E-state index in [1.165, 1.54) is 4.91 Å². The summed E-state index contributed by atoms with van der Waals surface area (Å²) in [5.41, 5.74) is 0. The molecule has 1 radical (unpaired) electrons. The summed E-state index contributed by atoms with van der Waals surface area (Å²) in [6.07, 6.45) is 4.13.